The van der Waals surface area contributed by atoms with Gasteiger partial charge >= 0.3 is 0 Å². The number of carbonyl (C=O) groups is 1. The number of carbonyl (C=O) groups excluding carboxylic acids is 1. The Balaban J connectivity index is 1.54. The van der Waals surface area contributed by atoms with E-state index in [0.29, 0.717) is 18.9 Å². The lowest BCUT2D eigenvalue weighted by molar-refractivity contribution is -0.179. The first-order valence-electron chi connectivity index (χ1n) is 6.87. The molecule has 1 aliphatic carbocycles. The smallest absolute Gasteiger partial charge is 0.270 e. The molecule has 1 aliphatic heterocycles. The normalized spacial score (nSPS) is 22.1. The van der Waals surface area contributed by atoms with E-state index in [1.807, 2.05) is 6.07 Å². The summed E-state index contributed by atoms with van der Waals surface area (Å²) < 4.78 is 12.2. The summed E-state index contributed by atoms with van der Waals surface area (Å²) in [6, 6.07) is 3.71. The highest BCUT2D eigenvalue weighted by atomic mass is 79.9. The standard InChI is InChI=1S/C14H17BrN2O3/c15-10-1-2-12(16-9-10)13(18)17-11-3-5-14(6-4-11)19-7-8-20-14/h1-2,9,11H,3-8H2,(H,17,18). The van der Waals surface area contributed by atoms with E-state index < -0.39 is 0 Å². The summed E-state index contributed by atoms with van der Waals surface area (Å²) in [6.45, 7) is 1.36. The van der Waals surface area contributed by atoms with Crippen molar-refractivity contribution in [2.45, 2.75) is 37.5 Å². The maximum absolute atomic E-state index is 12.1. The van der Waals surface area contributed by atoms with E-state index in [9.17, 15) is 4.79 Å². The fourth-order valence-corrected chi connectivity index (χ4v) is 2.99. The maximum Gasteiger partial charge on any atom is 0.270 e. The highest BCUT2D eigenvalue weighted by Gasteiger charge is 2.40. The molecule has 0 atom stereocenters. The van der Waals surface area contributed by atoms with Crippen LogP contribution in [0, 0.1) is 0 Å². The number of hydrogen-bond acceptors (Lipinski definition) is 4. The second-order valence-corrected chi connectivity index (χ2v) is 6.13. The van der Waals surface area contributed by atoms with Gasteiger partial charge in [-0.2, -0.15) is 0 Å². The van der Waals surface area contributed by atoms with E-state index in [1.54, 1.807) is 12.3 Å². The zero-order valence-corrected chi connectivity index (χ0v) is 12.7. The molecule has 0 unspecified atom stereocenters. The Morgan fingerprint density at radius 2 is 2.00 bits per heavy atom. The summed E-state index contributed by atoms with van der Waals surface area (Å²) in [7, 11) is 0. The van der Waals surface area contributed by atoms with Gasteiger partial charge in [-0.05, 0) is 40.9 Å². The number of pyridine rings is 1. The van der Waals surface area contributed by atoms with E-state index in [1.165, 1.54) is 0 Å². The average molecular weight is 341 g/mol. The molecule has 6 heteroatoms. The third kappa shape index (κ3) is 3.02. The van der Waals surface area contributed by atoms with Gasteiger partial charge in [-0.3, -0.25) is 4.79 Å². The van der Waals surface area contributed by atoms with Gasteiger partial charge in [0.15, 0.2) is 5.79 Å². The first-order valence-corrected chi connectivity index (χ1v) is 7.67. The Morgan fingerprint density at radius 1 is 1.30 bits per heavy atom. The van der Waals surface area contributed by atoms with Gasteiger partial charge in [0.05, 0.1) is 13.2 Å². The van der Waals surface area contributed by atoms with E-state index in [-0.39, 0.29) is 17.7 Å². The van der Waals surface area contributed by atoms with E-state index >= 15 is 0 Å². The lowest BCUT2D eigenvalue weighted by Crippen LogP contribution is -2.44. The van der Waals surface area contributed by atoms with Crippen molar-refractivity contribution in [1.29, 1.82) is 0 Å². The Bertz CT molecular complexity index is 476. The number of rotatable bonds is 2. The van der Waals surface area contributed by atoms with Crippen molar-refractivity contribution in [3.05, 3.63) is 28.5 Å². The van der Waals surface area contributed by atoms with Crippen molar-refractivity contribution in [3.63, 3.8) is 0 Å². The first kappa shape index (κ1) is 14.0. The lowest BCUT2D eigenvalue weighted by atomic mass is 9.90. The summed E-state index contributed by atoms with van der Waals surface area (Å²) in [4.78, 5) is 16.2. The van der Waals surface area contributed by atoms with Gasteiger partial charge in [0.2, 0.25) is 0 Å². The summed E-state index contributed by atoms with van der Waals surface area (Å²) in [5.41, 5.74) is 0.446. The van der Waals surface area contributed by atoms with Gasteiger partial charge in [-0.1, -0.05) is 0 Å². The van der Waals surface area contributed by atoms with Crippen LogP contribution in [0.2, 0.25) is 0 Å². The number of halogens is 1. The molecule has 1 saturated carbocycles. The number of nitrogens with one attached hydrogen (secondary N) is 1. The minimum Gasteiger partial charge on any atom is -0.348 e. The van der Waals surface area contributed by atoms with Crippen LogP contribution < -0.4 is 5.32 Å². The summed E-state index contributed by atoms with van der Waals surface area (Å²) in [5.74, 6) is -0.497. The van der Waals surface area contributed by atoms with Crippen LogP contribution in [0.25, 0.3) is 0 Å². The molecule has 1 amide bonds. The molecule has 1 N–H and O–H groups in total. The van der Waals surface area contributed by atoms with Gasteiger partial charge in [-0.25, -0.2) is 4.98 Å². The molecule has 0 aromatic carbocycles. The highest BCUT2D eigenvalue weighted by molar-refractivity contribution is 9.10. The Labute approximate surface area is 126 Å². The molecule has 3 rings (SSSR count). The number of aromatic nitrogens is 1. The Kier molecular flexibility index (Phi) is 4.05. The third-order valence-corrected chi connectivity index (χ3v) is 4.33. The molecule has 2 aliphatic rings. The van der Waals surface area contributed by atoms with Crippen molar-refractivity contribution in [3.8, 4) is 0 Å². The molecule has 0 radical (unpaired) electrons. The second-order valence-electron chi connectivity index (χ2n) is 5.22. The van der Waals surface area contributed by atoms with Crippen LogP contribution in [0.4, 0.5) is 0 Å². The molecule has 1 aromatic heterocycles. The van der Waals surface area contributed by atoms with Crippen molar-refractivity contribution in [2.75, 3.05) is 13.2 Å². The highest BCUT2D eigenvalue weighted by Crippen LogP contribution is 2.35. The quantitative estimate of drug-likeness (QED) is 0.896. The topological polar surface area (TPSA) is 60.5 Å². The van der Waals surface area contributed by atoms with Crippen LogP contribution in [0.1, 0.15) is 36.2 Å². The predicted octanol–water partition coefficient (Wildman–Crippen LogP) is 2.26. The molecule has 5 nitrogen and oxygen atoms in total. The number of nitrogens with zero attached hydrogens (tertiary/aromatic N) is 1. The fourth-order valence-electron chi connectivity index (χ4n) is 2.76. The van der Waals surface area contributed by atoms with Crippen LogP contribution >= 0.6 is 15.9 Å². The largest absolute Gasteiger partial charge is 0.348 e. The third-order valence-electron chi connectivity index (χ3n) is 3.86. The summed E-state index contributed by atoms with van der Waals surface area (Å²) >= 11 is 3.31. The van der Waals surface area contributed by atoms with Crippen LogP contribution in [0.15, 0.2) is 22.8 Å². The van der Waals surface area contributed by atoms with Crippen molar-refractivity contribution in [1.82, 2.24) is 10.3 Å². The van der Waals surface area contributed by atoms with E-state index in [0.717, 1.165) is 30.2 Å². The average Bonchev–Trinajstić information content (AvgIpc) is 2.91. The van der Waals surface area contributed by atoms with Crippen LogP contribution in [-0.4, -0.2) is 35.9 Å². The lowest BCUT2D eigenvalue weighted by Gasteiger charge is -2.35. The van der Waals surface area contributed by atoms with Crippen LogP contribution in [-0.2, 0) is 9.47 Å². The van der Waals surface area contributed by atoms with Crippen molar-refractivity contribution >= 4 is 21.8 Å². The predicted molar refractivity (Wildman–Crippen MR) is 76.3 cm³/mol. The SMILES string of the molecule is O=C(NC1CCC2(CC1)OCCO2)c1ccc(Br)cn1. The van der Waals surface area contributed by atoms with Crippen LogP contribution in [0.5, 0.6) is 0 Å². The van der Waals surface area contributed by atoms with E-state index in [2.05, 4.69) is 26.2 Å². The zero-order valence-electron chi connectivity index (χ0n) is 11.1. The number of hydrogen-bond donors (Lipinski definition) is 1. The number of amides is 1. The second kappa shape index (κ2) is 5.79. The molecular formula is C14H17BrN2O3. The molecule has 2 fully saturated rings. The Morgan fingerprint density at radius 3 is 2.60 bits per heavy atom. The monoisotopic (exact) mass is 340 g/mol. The Hall–Kier alpha value is -0.980. The van der Waals surface area contributed by atoms with Gasteiger partial charge in [0, 0.05) is 29.6 Å². The van der Waals surface area contributed by atoms with Gasteiger partial charge in [-0.15, -0.1) is 0 Å². The van der Waals surface area contributed by atoms with Gasteiger partial charge in [0.1, 0.15) is 5.69 Å². The molecule has 0 bridgehead atoms. The molecule has 1 aromatic rings. The fraction of sp³-hybridized carbons (Fsp3) is 0.571. The summed E-state index contributed by atoms with van der Waals surface area (Å²) in [5, 5.41) is 3.03. The first-order chi connectivity index (χ1) is 9.67. The van der Waals surface area contributed by atoms with Gasteiger partial charge < -0.3 is 14.8 Å². The van der Waals surface area contributed by atoms with E-state index in [4.69, 9.17) is 9.47 Å². The molecule has 1 spiro atoms. The van der Waals surface area contributed by atoms with Crippen LogP contribution in [0.3, 0.4) is 0 Å². The zero-order chi connectivity index (χ0) is 14.0. The molecular weight excluding hydrogens is 324 g/mol. The number of ether oxygens (including phenoxy) is 2. The maximum atomic E-state index is 12.1. The summed E-state index contributed by atoms with van der Waals surface area (Å²) in [6.07, 6.45) is 5.06. The molecule has 20 heavy (non-hydrogen) atoms. The molecule has 1 saturated heterocycles. The van der Waals surface area contributed by atoms with Gasteiger partial charge in [0.25, 0.3) is 5.91 Å². The molecule has 2 heterocycles. The van der Waals surface area contributed by atoms with Crippen molar-refractivity contribution < 1.29 is 14.3 Å². The van der Waals surface area contributed by atoms with Crippen molar-refractivity contribution in [2.24, 2.45) is 0 Å². The minimum absolute atomic E-state index is 0.119. The molecule has 108 valence electrons. The minimum atomic E-state index is -0.378.